The van der Waals surface area contributed by atoms with E-state index in [2.05, 4.69) is 0 Å². The van der Waals surface area contributed by atoms with E-state index in [1.165, 1.54) is 0 Å². The largest absolute Gasteiger partial charge is 0.462 e. The lowest BCUT2D eigenvalue weighted by molar-refractivity contribution is -0.384. The number of hydrogen-bond acceptors (Lipinski definition) is 7. The number of ether oxygens (including phenoxy) is 4. The van der Waals surface area contributed by atoms with Crippen LogP contribution in [0.4, 0.5) is 5.69 Å². The number of hydrogen-bond donors (Lipinski definition) is 0. The van der Waals surface area contributed by atoms with E-state index in [1.807, 2.05) is 66.7 Å². The molecule has 1 aromatic heterocycles. The van der Waals surface area contributed by atoms with Crippen LogP contribution in [-0.2, 0) is 38.9 Å². The standard InChI is InChI=1S/C32H34N2O7/c1-3-40-32(35)29-24(2)33(30(31(29)34(36)37)27-17-11-6-12-18-27)23-41-28(21-38-19-25-13-7-4-8-14-25)22-39-20-26-15-9-5-10-16-26/h4-18,28H,3,19-23H2,1-2H3. The number of nitro groups is 1. The Morgan fingerprint density at radius 1 is 0.854 bits per heavy atom. The molecule has 41 heavy (non-hydrogen) atoms. The third-order valence-electron chi connectivity index (χ3n) is 6.48. The van der Waals surface area contributed by atoms with E-state index >= 15 is 0 Å². The van der Waals surface area contributed by atoms with Crippen molar-refractivity contribution in [3.8, 4) is 11.3 Å². The van der Waals surface area contributed by atoms with E-state index in [0.29, 0.717) is 24.5 Å². The minimum absolute atomic E-state index is 0.0651. The van der Waals surface area contributed by atoms with Crippen molar-refractivity contribution < 1.29 is 28.7 Å². The van der Waals surface area contributed by atoms with Gasteiger partial charge >= 0.3 is 11.7 Å². The molecule has 0 unspecified atom stereocenters. The highest BCUT2D eigenvalue weighted by Gasteiger charge is 2.35. The summed E-state index contributed by atoms with van der Waals surface area (Å²) in [6.45, 7) is 4.61. The molecule has 4 rings (SSSR count). The minimum Gasteiger partial charge on any atom is -0.462 e. The van der Waals surface area contributed by atoms with E-state index in [-0.39, 0.29) is 43.5 Å². The zero-order valence-electron chi connectivity index (χ0n) is 23.2. The van der Waals surface area contributed by atoms with Crippen LogP contribution < -0.4 is 0 Å². The number of aromatic nitrogens is 1. The molecule has 214 valence electrons. The number of carbonyl (C=O) groups is 1. The van der Waals surface area contributed by atoms with Gasteiger partial charge in [-0.05, 0) is 25.0 Å². The highest BCUT2D eigenvalue weighted by molar-refractivity contribution is 5.99. The zero-order valence-corrected chi connectivity index (χ0v) is 23.2. The van der Waals surface area contributed by atoms with Gasteiger partial charge in [-0.15, -0.1) is 0 Å². The number of esters is 1. The Bertz CT molecular complexity index is 1360. The zero-order chi connectivity index (χ0) is 29.0. The fourth-order valence-corrected chi connectivity index (χ4v) is 4.48. The molecule has 3 aromatic carbocycles. The molecule has 9 nitrogen and oxygen atoms in total. The fraction of sp³-hybridized carbons (Fsp3) is 0.281. The lowest BCUT2D eigenvalue weighted by atomic mass is 10.1. The number of carbonyl (C=O) groups excluding carboxylic acids is 1. The van der Waals surface area contributed by atoms with Gasteiger partial charge in [0.2, 0.25) is 0 Å². The Hall–Kier alpha value is -4.31. The molecule has 4 aromatic rings. The summed E-state index contributed by atoms with van der Waals surface area (Å²) in [4.78, 5) is 24.6. The number of benzene rings is 3. The van der Waals surface area contributed by atoms with Crippen molar-refractivity contribution in [2.75, 3.05) is 19.8 Å². The molecular formula is C32H34N2O7. The van der Waals surface area contributed by atoms with Gasteiger partial charge in [0.1, 0.15) is 18.5 Å². The molecule has 0 atom stereocenters. The number of rotatable bonds is 15. The smallest absolute Gasteiger partial charge is 0.347 e. The first kappa shape index (κ1) is 29.7. The van der Waals surface area contributed by atoms with Gasteiger partial charge in [0.05, 0.1) is 38.0 Å². The fourth-order valence-electron chi connectivity index (χ4n) is 4.48. The molecule has 0 aliphatic rings. The summed E-state index contributed by atoms with van der Waals surface area (Å²) >= 11 is 0. The average Bonchev–Trinajstić information content (AvgIpc) is 3.29. The number of nitrogens with zero attached hydrogens (tertiary/aromatic N) is 2. The maximum Gasteiger partial charge on any atom is 0.347 e. The van der Waals surface area contributed by atoms with Gasteiger partial charge in [-0.1, -0.05) is 91.0 Å². The summed E-state index contributed by atoms with van der Waals surface area (Å²) in [5.74, 6) is -0.749. The summed E-state index contributed by atoms with van der Waals surface area (Å²) in [6, 6.07) is 28.5. The van der Waals surface area contributed by atoms with Crippen LogP contribution in [0, 0.1) is 17.0 Å². The first-order valence-corrected chi connectivity index (χ1v) is 13.4. The van der Waals surface area contributed by atoms with Gasteiger partial charge in [0.15, 0.2) is 5.56 Å². The molecular weight excluding hydrogens is 524 g/mol. The van der Waals surface area contributed by atoms with Crippen molar-refractivity contribution in [2.45, 2.75) is 39.9 Å². The maximum atomic E-state index is 12.9. The predicted octanol–water partition coefficient (Wildman–Crippen LogP) is 6.32. The Morgan fingerprint density at radius 3 is 1.85 bits per heavy atom. The van der Waals surface area contributed by atoms with Crippen LogP contribution >= 0.6 is 0 Å². The van der Waals surface area contributed by atoms with Gasteiger partial charge in [0.25, 0.3) is 0 Å². The van der Waals surface area contributed by atoms with Gasteiger partial charge in [-0.2, -0.15) is 0 Å². The third-order valence-corrected chi connectivity index (χ3v) is 6.48. The lowest BCUT2D eigenvalue weighted by Gasteiger charge is -2.20. The van der Waals surface area contributed by atoms with Crippen molar-refractivity contribution >= 4 is 11.7 Å². The van der Waals surface area contributed by atoms with Crippen molar-refractivity contribution in [1.29, 1.82) is 0 Å². The molecule has 1 heterocycles. The molecule has 0 bridgehead atoms. The Labute approximate surface area is 239 Å². The highest BCUT2D eigenvalue weighted by atomic mass is 16.6. The SMILES string of the molecule is CCOC(=O)c1c([N+](=O)[O-])c(-c2ccccc2)n(COC(COCc2ccccc2)COCc2ccccc2)c1C. The van der Waals surface area contributed by atoms with Crippen molar-refractivity contribution in [1.82, 2.24) is 4.57 Å². The second-order valence-electron chi connectivity index (χ2n) is 9.35. The van der Waals surface area contributed by atoms with E-state index in [0.717, 1.165) is 11.1 Å². The molecule has 0 amide bonds. The average molecular weight is 559 g/mol. The van der Waals surface area contributed by atoms with Gasteiger partial charge in [-0.3, -0.25) is 10.1 Å². The summed E-state index contributed by atoms with van der Waals surface area (Å²) in [5, 5.41) is 12.3. The molecule has 0 N–H and O–H groups in total. The third kappa shape index (κ3) is 7.88. The second-order valence-corrected chi connectivity index (χ2v) is 9.35. The first-order chi connectivity index (χ1) is 20.0. The van der Waals surface area contributed by atoms with Gasteiger partial charge < -0.3 is 23.5 Å². The Morgan fingerprint density at radius 2 is 1.37 bits per heavy atom. The Kier molecular flexibility index (Phi) is 10.8. The van der Waals surface area contributed by atoms with Crippen LogP contribution in [0.25, 0.3) is 11.3 Å². The van der Waals surface area contributed by atoms with Gasteiger partial charge in [0, 0.05) is 11.3 Å². The normalized spacial score (nSPS) is 11.1. The van der Waals surface area contributed by atoms with Crippen molar-refractivity contribution in [3.05, 3.63) is 123 Å². The van der Waals surface area contributed by atoms with Crippen LogP contribution in [0.1, 0.15) is 34.1 Å². The molecule has 0 radical (unpaired) electrons. The Balaban J connectivity index is 1.58. The van der Waals surface area contributed by atoms with E-state index in [9.17, 15) is 14.9 Å². The van der Waals surface area contributed by atoms with Crippen LogP contribution in [0.5, 0.6) is 0 Å². The summed E-state index contributed by atoms with van der Waals surface area (Å²) in [5.41, 5.74) is 2.88. The first-order valence-electron chi connectivity index (χ1n) is 13.4. The van der Waals surface area contributed by atoms with Crippen LogP contribution in [-0.4, -0.2) is 41.4 Å². The molecule has 0 aliphatic carbocycles. The topological polar surface area (TPSA) is 102 Å². The summed E-state index contributed by atoms with van der Waals surface area (Å²) < 4.78 is 25.0. The quantitative estimate of drug-likeness (QED) is 0.0955. The maximum absolute atomic E-state index is 12.9. The van der Waals surface area contributed by atoms with Crippen molar-refractivity contribution in [3.63, 3.8) is 0 Å². The van der Waals surface area contributed by atoms with Crippen molar-refractivity contribution in [2.24, 2.45) is 0 Å². The molecule has 0 aliphatic heterocycles. The predicted molar refractivity (Wildman–Crippen MR) is 154 cm³/mol. The van der Waals surface area contributed by atoms with Crippen LogP contribution in [0.15, 0.2) is 91.0 Å². The minimum atomic E-state index is -0.749. The summed E-state index contributed by atoms with van der Waals surface area (Å²) in [6.07, 6.45) is -0.488. The van der Waals surface area contributed by atoms with Crippen LogP contribution in [0.3, 0.4) is 0 Å². The molecule has 0 saturated heterocycles. The van der Waals surface area contributed by atoms with E-state index < -0.39 is 17.0 Å². The highest BCUT2D eigenvalue weighted by Crippen LogP contribution is 2.38. The van der Waals surface area contributed by atoms with Gasteiger partial charge in [-0.25, -0.2) is 4.79 Å². The monoisotopic (exact) mass is 558 g/mol. The summed E-state index contributed by atoms with van der Waals surface area (Å²) in [7, 11) is 0. The van der Waals surface area contributed by atoms with E-state index in [1.54, 1.807) is 42.7 Å². The molecule has 0 fully saturated rings. The molecule has 0 spiro atoms. The second kappa shape index (κ2) is 14.9. The molecule has 0 saturated carbocycles. The van der Waals surface area contributed by atoms with E-state index in [4.69, 9.17) is 18.9 Å². The molecule has 9 heteroatoms. The lowest BCUT2D eigenvalue weighted by Crippen LogP contribution is -2.27. The van der Waals surface area contributed by atoms with Crippen LogP contribution in [0.2, 0.25) is 0 Å².